The van der Waals surface area contributed by atoms with E-state index in [9.17, 15) is 0 Å². The van der Waals surface area contributed by atoms with Crippen LogP contribution in [0.25, 0.3) is 16.0 Å². The van der Waals surface area contributed by atoms with Gasteiger partial charge in [0.2, 0.25) is 0 Å². The topological polar surface area (TPSA) is 71.7 Å². The minimum absolute atomic E-state index is 0.575. The van der Waals surface area contributed by atoms with E-state index in [1.807, 2.05) is 0 Å². The van der Waals surface area contributed by atoms with Gasteiger partial charge in [-0.2, -0.15) is 9.50 Å². The Labute approximate surface area is 136 Å². The first-order valence-electron chi connectivity index (χ1n) is 7.85. The van der Waals surface area contributed by atoms with Crippen LogP contribution in [0.5, 0.6) is 0 Å². The fraction of sp³-hybridized carbons (Fsp3) is 0.571. The lowest BCUT2D eigenvalue weighted by Gasteiger charge is -2.29. The lowest BCUT2D eigenvalue weighted by molar-refractivity contribution is 0.122. The molecular formula is C14H17N7OS. The molecule has 5 rings (SSSR count). The molecule has 0 unspecified atom stereocenters. The van der Waals surface area contributed by atoms with Gasteiger partial charge in [-0.25, -0.2) is 0 Å². The van der Waals surface area contributed by atoms with Crippen LogP contribution >= 0.6 is 11.3 Å². The number of ether oxygens (including phenoxy) is 1. The Morgan fingerprint density at radius 2 is 2.04 bits per heavy atom. The highest BCUT2D eigenvalue weighted by atomic mass is 32.1. The summed E-state index contributed by atoms with van der Waals surface area (Å²) in [7, 11) is 2.17. The standard InChI is InChI=1S/C14H17N7OS/c1-19-3-2-9-10(8-19)23-13-11(9)12(20-4-6-22-7-5-20)15-14-16-17-18-21(13)14/h2-8H2,1H3. The third-order valence-electron chi connectivity index (χ3n) is 4.61. The molecule has 0 atom stereocenters. The zero-order valence-electron chi connectivity index (χ0n) is 12.9. The lowest BCUT2D eigenvalue weighted by Crippen LogP contribution is -2.37. The monoisotopic (exact) mass is 331 g/mol. The molecule has 0 saturated carbocycles. The van der Waals surface area contributed by atoms with E-state index < -0.39 is 0 Å². The van der Waals surface area contributed by atoms with Crippen LogP contribution < -0.4 is 4.90 Å². The molecule has 0 aromatic carbocycles. The number of tetrazole rings is 1. The molecule has 1 saturated heterocycles. The number of morpholine rings is 1. The van der Waals surface area contributed by atoms with Crippen molar-refractivity contribution < 1.29 is 4.74 Å². The zero-order chi connectivity index (χ0) is 15.4. The first kappa shape index (κ1) is 13.6. The molecule has 0 radical (unpaired) electrons. The van der Waals surface area contributed by atoms with E-state index in [1.54, 1.807) is 15.9 Å². The molecule has 0 spiro atoms. The number of likely N-dealkylation sites (N-methyl/N-ethyl adjacent to an activating group) is 1. The summed E-state index contributed by atoms with van der Waals surface area (Å²) in [6, 6.07) is 0. The molecule has 120 valence electrons. The molecule has 0 bridgehead atoms. The molecule has 2 aliphatic rings. The maximum atomic E-state index is 5.49. The quantitative estimate of drug-likeness (QED) is 0.645. The number of rotatable bonds is 1. The molecule has 1 fully saturated rings. The van der Waals surface area contributed by atoms with Gasteiger partial charge >= 0.3 is 0 Å². The molecule has 3 aromatic heterocycles. The number of nitrogens with zero attached hydrogens (tertiary/aromatic N) is 7. The lowest BCUT2D eigenvalue weighted by atomic mass is 10.1. The second kappa shape index (κ2) is 5.08. The number of hydrogen-bond donors (Lipinski definition) is 0. The van der Waals surface area contributed by atoms with Crippen molar-refractivity contribution >= 4 is 33.1 Å². The van der Waals surface area contributed by atoms with Crippen LogP contribution in [-0.4, -0.2) is 69.8 Å². The van der Waals surface area contributed by atoms with Crippen molar-refractivity contribution in [2.24, 2.45) is 0 Å². The minimum Gasteiger partial charge on any atom is -0.378 e. The van der Waals surface area contributed by atoms with Gasteiger partial charge in [-0.05, 0) is 29.5 Å². The number of aromatic nitrogens is 5. The summed E-state index contributed by atoms with van der Waals surface area (Å²) >= 11 is 1.80. The highest BCUT2D eigenvalue weighted by Gasteiger charge is 2.27. The molecule has 5 heterocycles. The fourth-order valence-electron chi connectivity index (χ4n) is 3.43. The van der Waals surface area contributed by atoms with E-state index in [2.05, 4.69) is 32.4 Å². The normalized spacial score (nSPS) is 19.6. The number of thiophene rings is 1. The Balaban J connectivity index is 1.80. The summed E-state index contributed by atoms with van der Waals surface area (Å²) in [6.45, 7) is 5.29. The summed E-state index contributed by atoms with van der Waals surface area (Å²) in [4.78, 5) is 12.0. The van der Waals surface area contributed by atoms with Crippen molar-refractivity contribution in [3.8, 4) is 0 Å². The van der Waals surface area contributed by atoms with E-state index in [4.69, 9.17) is 9.72 Å². The summed E-state index contributed by atoms with van der Waals surface area (Å²) in [5, 5.41) is 13.3. The Hall–Kier alpha value is -1.84. The molecule has 23 heavy (non-hydrogen) atoms. The van der Waals surface area contributed by atoms with Gasteiger partial charge in [-0.3, -0.25) is 0 Å². The summed E-state index contributed by atoms with van der Waals surface area (Å²) in [5.41, 5.74) is 1.43. The largest absolute Gasteiger partial charge is 0.378 e. The van der Waals surface area contributed by atoms with Gasteiger partial charge in [0, 0.05) is 31.1 Å². The average molecular weight is 331 g/mol. The van der Waals surface area contributed by atoms with E-state index in [1.165, 1.54) is 15.8 Å². The molecule has 0 aliphatic carbocycles. The van der Waals surface area contributed by atoms with Crippen LogP contribution in [0.1, 0.15) is 10.4 Å². The Morgan fingerprint density at radius 3 is 2.91 bits per heavy atom. The van der Waals surface area contributed by atoms with Crippen molar-refractivity contribution in [1.82, 2.24) is 29.9 Å². The fourth-order valence-corrected chi connectivity index (χ4v) is 4.80. The van der Waals surface area contributed by atoms with E-state index >= 15 is 0 Å². The molecule has 0 N–H and O–H groups in total. The van der Waals surface area contributed by atoms with Gasteiger partial charge in [0.15, 0.2) is 0 Å². The second-order valence-electron chi connectivity index (χ2n) is 6.10. The van der Waals surface area contributed by atoms with Gasteiger partial charge in [0.1, 0.15) is 10.6 Å². The third-order valence-corrected chi connectivity index (χ3v) is 5.81. The predicted octanol–water partition coefficient (Wildman–Crippen LogP) is 0.558. The second-order valence-corrected chi connectivity index (χ2v) is 7.18. The Morgan fingerprint density at radius 1 is 1.17 bits per heavy atom. The van der Waals surface area contributed by atoms with Gasteiger partial charge in [0.05, 0.1) is 18.6 Å². The maximum Gasteiger partial charge on any atom is 0.276 e. The van der Waals surface area contributed by atoms with E-state index in [0.717, 1.165) is 56.5 Å². The maximum absolute atomic E-state index is 5.49. The van der Waals surface area contributed by atoms with Crippen molar-refractivity contribution in [3.63, 3.8) is 0 Å². The van der Waals surface area contributed by atoms with Gasteiger partial charge in [-0.1, -0.05) is 5.10 Å². The highest BCUT2D eigenvalue weighted by Crippen LogP contribution is 2.39. The third kappa shape index (κ3) is 2.03. The first-order chi connectivity index (χ1) is 11.3. The zero-order valence-corrected chi connectivity index (χ0v) is 13.7. The number of anilines is 1. The number of hydrogen-bond acceptors (Lipinski definition) is 8. The molecule has 0 amide bonds. The minimum atomic E-state index is 0.575. The SMILES string of the molecule is CN1CCc2c(sc3c2c(N2CCOCC2)nc2nnnn23)C1. The Bertz CT molecular complexity index is 882. The van der Waals surface area contributed by atoms with Gasteiger partial charge in [-0.15, -0.1) is 11.3 Å². The highest BCUT2D eigenvalue weighted by molar-refractivity contribution is 7.19. The smallest absolute Gasteiger partial charge is 0.276 e. The van der Waals surface area contributed by atoms with Crippen LogP contribution in [-0.2, 0) is 17.7 Å². The first-order valence-corrected chi connectivity index (χ1v) is 8.66. The van der Waals surface area contributed by atoms with Crippen molar-refractivity contribution in [2.45, 2.75) is 13.0 Å². The van der Waals surface area contributed by atoms with Crippen LogP contribution in [0.2, 0.25) is 0 Å². The van der Waals surface area contributed by atoms with Crippen molar-refractivity contribution in [2.75, 3.05) is 44.8 Å². The van der Waals surface area contributed by atoms with Crippen LogP contribution in [0, 0.1) is 0 Å². The Kier molecular flexibility index (Phi) is 3.00. The van der Waals surface area contributed by atoms with Gasteiger partial charge < -0.3 is 14.5 Å². The van der Waals surface area contributed by atoms with E-state index in [-0.39, 0.29) is 0 Å². The molecule has 3 aromatic rings. The summed E-state index contributed by atoms with van der Waals surface area (Å²) in [5.74, 6) is 1.60. The van der Waals surface area contributed by atoms with Crippen LogP contribution in [0.15, 0.2) is 0 Å². The van der Waals surface area contributed by atoms with Crippen molar-refractivity contribution in [3.05, 3.63) is 10.4 Å². The van der Waals surface area contributed by atoms with Crippen LogP contribution in [0.3, 0.4) is 0 Å². The molecule has 8 nitrogen and oxygen atoms in total. The summed E-state index contributed by atoms with van der Waals surface area (Å²) in [6.07, 6.45) is 1.05. The summed E-state index contributed by atoms with van der Waals surface area (Å²) < 4.78 is 7.27. The number of fused-ring (bicyclic) bond motifs is 5. The molecule has 9 heteroatoms. The molecular weight excluding hydrogens is 314 g/mol. The predicted molar refractivity (Wildman–Crippen MR) is 87.0 cm³/mol. The van der Waals surface area contributed by atoms with Gasteiger partial charge in [0.25, 0.3) is 5.78 Å². The molecule has 2 aliphatic heterocycles. The average Bonchev–Trinajstić information content (AvgIpc) is 3.18. The van der Waals surface area contributed by atoms with Crippen LogP contribution in [0.4, 0.5) is 5.82 Å². The van der Waals surface area contributed by atoms with E-state index in [0.29, 0.717) is 5.78 Å². The van der Waals surface area contributed by atoms with Crippen molar-refractivity contribution in [1.29, 1.82) is 0 Å².